The van der Waals surface area contributed by atoms with E-state index in [1.54, 1.807) is 0 Å². The first-order chi connectivity index (χ1) is 22.8. The number of para-hydroxylation sites is 1. The predicted octanol–water partition coefficient (Wildman–Crippen LogP) is 12.7. The molecule has 0 atom stereocenters. The lowest BCUT2D eigenvalue weighted by atomic mass is 9.94. The maximum atomic E-state index is 6.22. The van der Waals surface area contributed by atoms with E-state index >= 15 is 0 Å². The van der Waals surface area contributed by atoms with E-state index in [1.165, 1.54) is 43.8 Å². The fourth-order valence-corrected chi connectivity index (χ4v) is 6.89. The molecule has 0 aliphatic carbocycles. The van der Waals surface area contributed by atoms with E-state index in [0.29, 0.717) is 0 Å². The van der Waals surface area contributed by atoms with Crippen molar-refractivity contribution in [1.29, 1.82) is 0 Å². The minimum atomic E-state index is 0.890. The Morgan fingerprint density at radius 2 is 0.913 bits per heavy atom. The van der Waals surface area contributed by atoms with Crippen molar-refractivity contribution in [2.75, 3.05) is 4.90 Å². The quantitative estimate of drug-likeness (QED) is 0.186. The lowest BCUT2D eigenvalue weighted by Gasteiger charge is -2.28. The van der Waals surface area contributed by atoms with Gasteiger partial charge in [0, 0.05) is 27.5 Å². The minimum absolute atomic E-state index is 0.890. The number of nitrogens with zero attached hydrogens (tertiary/aromatic N) is 1. The van der Waals surface area contributed by atoms with Crippen molar-refractivity contribution in [3.63, 3.8) is 0 Å². The summed E-state index contributed by atoms with van der Waals surface area (Å²) in [5.74, 6) is 0. The Morgan fingerprint density at radius 3 is 1.70 bits per heavy atom. The van der Waals surface area contributed by atoms with Crippen LogP contribution in [0.3, 0.4) is 0 Å². The second-order valence-corrected chi connectivity index (χ2v) is 11.7. The van der Waals surface area contributed by atoms with Crippen LogP contribution in [0.4, 0.5) is 17.1 Å². The molecule has 0 unspecified atom stereocenters. The van der Waals surface area contributed by atoms with Crippen molar-refractivity contribution in [2.24, 2.45) is 0 Å². The van der Waals surface area contributed by atoms with E-state index in [1.807, 2.05) is 12.1 Å². The number of fused-ring (bicyclic) bond motifs is 6. The summed E-state index contributed by atoms with van der Waals surface area (Å²) in [7, 11) is 0. The number of rotatable bonds is 5. The summed E-state index contributed by atoms with van der Waals surface area (Å²) in [5, 5.41) is 7.14. The predicted molar refractivity (Wildman–Crippen MR) is 194 cm³/mol. The van der Waals surface area contributed by atoms with Crippen LogP contribution in [0.25, 0.3) is 65.7 Å². The Hall–Kier alpha value is -6.12. The van der Waals surface area contributed by atoms with Crippen LogP contribution in [-0.2, 0) is 0 Å². The molecule has 0 aliphatic rings. The molecule has 216 valence electrons. The largest absolute Gasteiger partial charge is 0.456 e. The van der Waals surface area contributed by atoms with Gasteiger partial charge in [-0.3, -0.25) is 0 Å². The topological polar surface area (TPSA) is 16.4 Å². The molecule has 0 radical (unpaired) electrons. The number of hydrogen-bond acceptors (Lipinski definition) is 2. The van der Waals surface area contributed by atoms with Crippen LogP contribution in [0.5, 0.6) is 0 Å². The first-order valence-corrected chi connectivity index (χ1v) is 15.7. The maximum absolute atomic E-state index is 6.22. The highest BCUT2D eigenvalue weighted by atomic mass is 16.3. The van der Waals surface area contributed by atoms with Gasteiger partial charge in [0.2, 0.25) is 0 Å². The number of hydrogen-bond donors (Lipinski definition) is 0. The smallest absolute Gasteiger partial charge is 0.135 e. The summed E-state index contributed by atoms with van der Waals surface area (Å²) >= 11 is 0. The summed E-state index contributed by atoms with van der Waals surface area (Å²) in [4.78, 5) is 2.39. The lowest BCUT2D eigenvalue weighted by Crippen LogP contribution is -2.10. The summed E-state index contributed by atoms with van der Waals surface area (Å²) in [5.41, 5.74) is 9.94. The Labute approximate surface area is 267 Å². The van der Waals surface area contributed by atoms with Gasteiger partial charge in [0.1, 0.15) is 11.2 Å². The van der Waals surface area contributed by atoms with Crippen LogP contribution < -0.4 is 4.90 Å². The summed E-state index contributed by atoms with van der Waals surface area (Å²) in [6, 6.07) is 62.8. The molecule has 9 rings (SSSR count). The highest BCUT2D eigenvalue weighted by Crippen LogP contribution is 2.44. The molecular weight excluding hydrogens is 558 g/mol. The van der Waals surface area contributed by atoms with Gasteiger partial charge in [-0.1, -0.05) is 133 Å². The van der Waals surface area contributed by atoms with Crippen molar-refractivity contribution in [3.8, 4) is 22.3 Å². The molecule has 9 aromatic rings. The van der Waals surface area contributed by atoms with E-state index in [-0.39, 0.29) is 0 Å². The minimum Gasteiger partial charge on any atom is -0.456 e. The first-order valence-electron chi connectivity index (χ1n) is 15.7. The van der Waals surface area contributed by atoms with Crippen molar-refractivity contribution >= 4 is 60.5 Å². The molecule has 0 amide bonds. The second-order valence-electron chi connectivity index (χ2n) is 11.7. The van der Waals surface area contributed by atoms with Crippen molar-refractivity contribution in [2.45, 2.75) is 0 Å². The zero-order chi connectivity index (χ0) is 30.5. The highest BCUT2D eigenvalue weighted by Gasteiger charge is 2.19. The molecule has 0 saturated carbocycles. The first kappa shape index (κ1) is 26.3. The molecule has 0 saturated heterocycles. The van der Waals surface area contributed by atoms with Crippen molar-refractivity contribution < 1.29 is 4.42 Å². The molecule has 0 aliphatic heterocycles. The Bertz CT molecular complexity index is 2530. The molecule has 0 spiro atoms. The van der Waals surface area contributed by atoms with Crippen LogP contribution in [0, 0.1) is 0 Å². The van der Waals surface area contributed by atoms with E-state index < -0.39 is 0 Å². The monoisotopic (exact) mass is 587 g/mol. The van der Waals surface area contributed by atoms with E-state index in [9.17, 15) is 0 Å². The summed E-state index contributed by atoms with van der Waals surface area (Å²) < 4.78 is 6.22. The van der Waals surface area contributed by atoms with Gasteiger partial charge in [-0.2, -0.15) is 0 Å². The molecule has 1 aromatic heterocycles. The molecule has 2 nitrogen and oxygen atoms in total. The molecule has 0 bridgehead atoms. The van der Waals surface area contributed by atoms with Gasteiger partial charge in [-0.15, -0.1) is 0 Å². The fraction of sp³-hybridized carbons (Fsp3) is 0. The number of anilines is 3. The average Bonchev–Trinajstić information content (AvgIpc) is 3.51. The van der Waals surface area contributed by atoms with Gasteiger partial charge in [-0.25, -0.2) is 0 Å². The Balaban J connectivity index is 1.26. The third kappa shape index (κ3) is 4.35. The summed E-state index contributed by atoms with van der Waals surface area (Å²) in [6.45, 7) is 0. The Kier molecular flexibility index (Phi) is 6.17. The normalized spacial score (nSPS) is 11.5. The number of furan rings is 1. The SMILES string of the molecule is c1ccc(-c2ccccc2-c2ccc(N(c3ccc4oc5ccccc5c4c3)c3cc4ccccc4c4ccccc34)cc2)cc1. The second kappa shape index (κ2) is 10.8. The van der Waals surface area contributed by atoms with E-state index in [0.717, 1.165) is 39.0 Å². The van der Waals surface area contributed by atoms with Crippen LogP contribution >= 0.6 is 0 Å². The number of benzene rings is 8. The third-order valence-corrected chi connectivity index (χ3v) is 9.05. The Morgan fingerprint density at radius 1 is 0.348 bits per heavy atom. The van der Waals surface area contributed by atoms with Crippen LogP contribution in [0.1, 0.15) is 0 Å². The van der Waals surface area contributed by atoms with Crippen molar-refractivity contribution in [3.05, 3.63) is 176 Å². The molecule has 1 heterocycles. The maximum Gasteiger partial charge on any atom is 0.135 e. The third-order valence-electron chi connectivity index (χ3n) is 9.05. The fourth-order valence-electron chi connectivity index (χ4n) is 6.89. The molecule has 0 N–H and O–H groups in total. The van der Waals surface area contributed by atoms with Gasteiger partial charge in [-0.05, 0) is 80.9 Å². The molecule has 46 heavy (non-hydrogen) atoms. The van der Waals surface area contributed by atoms with Crippen molar-refractivity contribution in [1.82, 2.24) is 0 Å². The van der Waals surface area contributed by atoms with E-state index in [2.05, 4.69) is 169 Å². The van der Waals surface area contributed by atoms with Gasteiger partial charge < -0.3 is 9.32 Å². The van der Waals surface area contributed by atoms with Gasteiger partial charge in [0.25, 0.3) is 0 Å². The van der Waals surface area contributed by atoms with Crippen LogP contribution in [-0.4, -0.2) is 0 Å². The zero-order valence-corrected chi connectivity index (χ0v) is 25.1. The molecule has 2 heteroatoms. The average molecular weight is 588 g/mol. The van der Waals surface area contributed by atoms with Gasteiger partial charge >= 0.3 is 0 Å². The summed E-state index contributed by atoms with van der Waals surface area (Å²) in [6.07, 6.45) is 0. The van der Waals surface area contributed by atoms with Crippen LogP contribution in [0.15, 0.2) is 180 Å². The van der Waals surface area contributed by atoms with Gasteiger partial charge in [0.15, 0.2) is 0 Å². The van der Waals surface area contributed by atoms with Crippen LogP contribution in [0.2, 0.25) is 0 Å². The zero-order valence-electron chi connectivity index (χ0n) is 25.1. The standard InChI is InChI=1S/C44H29NO/c1-2-12-30(13-3-1)35-15-6-7-16-36(35)31-22-24-33(25-23-31)45(34-26-27-44-41(29-34)40-20-10-11-21-43(40)46-44)42-28-32-14-4-5-17-37(32)38-18-8-9-19-39(38)42/h1-29H. The van der Waals surface area contributed by atoms with Gasteiger partial charge in [0.05, 0.1) is 5.69 Å². The lowest BCUT2D eigenvalue weighted by molar-refractivity contribution is 0.669. The van der Waals surface area contributed by atoms with E-state index in [4.69, 9.17) is 4.42 Å². The molecule has 0 fully saturated rings. The molecule has 8 aromatic carbocycles. The highest BCUT2D eigenvalue weighted by molar-refractivity contribution is 6.15. The molecular formula is C44H29NO.